The van der Waals surface area contributed by atoms with Gasteiger partial charge in [-0.3, -0.25) is 4.79 Å². The third-order valence-corrected chi connectivity index (χ3v) is 7.19. The van der Waals surface area contributed by atoms with Crippen molar-refractivity contribution in [1.82, 2.24) is 4.31 Å². The Kier molecular flexibility index (Phi) is 5.79. The van der Waals surface area contributed by atoms with Crippen molar-refractivity contribution < 1.29 is 17.9 Å². The molecule has 1 saturated carbocycles. The first-order chi connectivity index (χ1) is 12.0. The molecule has 0 bridgehead atoms. The highest BCUT2D eigenvalue weighted by Gasteiger charge is 2.33. The lowest BCUT2D eigenvalue weighted by atomic mass is 9.96. The molecule has 3 rings (SSSR count). The van der Waals surface area contributed by atoms with Crippen LogP contribution < -0.4 is 0 Å². The van der Waals surface area contributed by atoms with E-state index in [1.807, 2.05) is 6.92 Å². The Morgan fingerprint density at radius 3 is 2.20 bits per heavy atom. The van der Waals surface area contributed by atoms with Crippen molar-refractivity contribution in [2.75, 3.05) is 13.1 Å². The number of ether oxygens (including phenoxy) is 1. The molecule has 0 unspecified atom stereocenters. The van der Waals surface area contributed by atoms with Crippen LogP contribution in [0.5, 0.6) is 0 Å². The predicted molar refractivity (Wildman–Crippen MR) is 95.6 cm³/mol. The van der Waals surface area contributed by atoms with E-state index in [1.165, 1.54) is 10.7 Å². The molecule has 138 valence electrons. The van der Waals surface area contributed by atoms with Crippen LogP contribution in [-0.2, 0) is 19.6 Å². The minimum Gasteiger partial charge on any atom is -0.462 e. The van der Waals surface area contributed by atoms with Crippen molar-refractivity contribution in [1.29, 1.82) is 0 Å². The number of rotatable bonds is 4. The molecule has 1 aromatic carbocycles. The third kappa shape index (κ3) is 4.42. The van der Waals surface area contributed by atoms with E-state index in [0.29, 0.717) is 30.8 Å². The monoisotopic (exact) mass is 365 g/mol. The molecule has 0 aromatic heterocycles. The van der Waals surface area contributed by atoms with Crippen LogP contribution >= 0.6 is 0 Å². The molecule has 1 heterocycles. The van der Waals surface area contributed by atoms with Gasteiger partial charge in [-0.1, -0.05) is 24.1 Å². The maximum atomic E-state index is 12.7. The van der Waals surface area contributed by atoms with Crippen LogP contribution in [0.2, 0.25) is 0 Å². The molecule has 0 radical (unpaired) electrons. The summed E-state index contributed by atoms with van der Waals surface area (Å²) in [6, 6.07) is 6.91. The third-order valence-electron chi connectivity index (χ3n) is 5.28. The minimum atomic E-state index is -3.47. The second-order valence-electron chi connectivity index (χ2n) is 7.19. The van der Waals surface area contributed by atoms with Gasteiger partial charge in [0, 0.05) is 13.1 Å². The van der Waals surface area contributed by atoms with E-state index in [4.69, 9.17) is 4.74 Å². The molecule has 0 amide bonds. The summed E-state index contributed by atoms with van der Waals surface area (Å²) in [6.07, 6.45) is 6.56. The Hall–Kier alpha value is -1.40. The number of aryl methyl sites for hydroxylation is 1. The lowest BCUT2D eigenvalue weighted by Crippen LogP contribution is -2.41. The predicted octanol–water partition coefficient (Wildman–Crippen LogP) is 3.27. The molecule has 0 N–H and O–H groups in total. The van der Waals surface area contributed by atoms with E-state index in [1.54, 1.807) is 24.3 Å². The van der Waals surface area contributed by atoms with Gasteiger partial charge in [0.15, 0.2) is 0 Å². The summed E-state index contributed by atoms with van der Waals surface area (Å²) < 4.78 is 32.5. The molecule has 1 aliphatic carbocycles. The summed E-state index contributed by atoms with van der Waals surface area (Å²) in [5, 5.41) is 0. The summed E-state index contributed by atoms with van der Waals surface area (Å²) in [5.41, 5.74) is 1.03. The van der Waals surface area contributed by atoms with Crippen molar-refractivity contribution in [2.45, 2.75) is 62.9 Å². The molecule has 2 fully saturated rings. The van der Waals surface area contributed by atoms with E-state index in [2.05, 4.69) is 0 Å². The van der Waals surface area contributed by atoms with Crippen LogP contribution in [0.25, 0.3) is 0 Å². The molecule has 1 aliphatic heterocycles. The van der Waals surface area contributed by atoms with E-state index in [0.717, 1.165) is 31.2 Å². The highest BCUT2D eigenvalue weighted by molar-refractivity contribution is 7.89. The smallest absolute Gasteiger partial charge is 0.309 e. The molecular formula is C19H27NO4S. The van der Waals surface area contributed by atoms with Gasteiger partial charge in [0.1, 0.15) is 6.10 Å². The zero-order chi connectivity index (χ0) is 17.9. The van der Waals surface area contributed by atoms with Crippen LogP contribution in [0.15, 0.2) is 29.2 Å². The molecule has 25 heavy (non-hydrogen) atoms. The van der Waals surface area contributed by atoms with Gasteiger partial charge in [-0.05, 0) is 57.6 Å². The summed E-state index contributed by atoms with van der Waals surface area (Å²) in [4.78, 5) is 12.7. The number of nitrogens with zero attached hydrogens (tertiary/aromatic N) is 1. The lowest BCUT2D eigenvalue weighted by molar-refractivity contribution is -0.156. The first kappa shape index (κ1) is 18.4. The zero-order valence-corrected chi connectivity index (χ0v) is 15.6. The molecule has 1 aromatic rings. The van der Waals surface area contributed by atoms with E-state index >= 15 is 0 Å². The maximum absolute atomic E-state index is 12.7. The molecule has 1 saturated heterocycles. The number of hydrogen-bond donors (Lipinski definition) is 0. The summed E-state index contributed by atoms with van der Waals surface area (Å²) in [6.45, 7) is 2.68. The number of sulfonamides is 1. The van der Waals surface area contributed by atoms with Crippen molar-refractivity contribution >= 4 is 16.0 Å². The van der Waals surface area contributed by atoms with Crippen LogP contribution in [0.4, 0.5) is 0 Å². The zero-order valence-electron chi connectivity index (χ0n) is 14.8. The van der Waals surface area contributed by atoms with E-state index in [9.17, 15) is 13.2 Å². The van der Waals surface area contributed by atoms with E-state index < -0.39 is 10.0 Å². The van der Waals surface area contributed by atoms with Crippen molar-refractivity contribution in [3.8, 4) is 0 Å². The Labute approximate surface area is 150 Å². The summed E-state index contributed by atoms with van der Waals surface area (Å²) >= 11 is 0. The summed E-state index contributed by atoms with van der Waals surface area (Å²) in [7, 11) is -3.47. The average Bonchev–Trinajstić information content (AvgIpc) is 2.63. The first-order valence-electron chi connectivity index (χ1n) is 9.24. The average molecular weight is 365 g/mol. The Morgan fingerprint density at radius 2 is 1.60 bits per heavy atom. The molecule has 6 heteroatoms. The number of esters is 1. The molecular weight excluding hydrogens is 338 g/mol. The van der Waals surface area contributed by atoms with Gasteiger partial charge in [-0.2, -0.15) is 4.31 Å². The number of piperidine rings is 1. The van der Waals surface area contributed by atoms with Gasteiger partial charge in [0.2, 0.25) is 10.0 Å². The van der Waals surface area contributed by atoms with Gasteiger partial charge < -0.3 is 4.74 Å². The van der Waals surface area contributed by atoms with Gasteiger partial charge in [-0.25, -0.2) is 8.42 Å². The first-order valence-corrected chi connectivity index (χ1v) is 10.7. The lowest BCUT2D eigenvalue weighted by Gasteiger charge is -2.31. The highest BCUT2D eigenvalue weighted by atomic mass is 32.2. The SMILES string of the molecule is Cc1ccc(S(=O)(=O)N2CCC(C(=O)OC3CCCCC3)CC2)cc1. The van der Waals surface area contributed by atoms with E-state index in [-0.39, 0.29) is 18.0 Å². The minimum absolute atomic E-state index is 0.0653. The molecule has 2 aliphatic rings. The van der Waals surface area contributed by atoms with Crippen LogP contribution in [-0.4, -0.2) is 37.9 Å². The van der Waals surface area contributed by atoms with Crippen molar-refractivity contribution in [2.24, 2.45) is 5.92 Å². The molecule has 0 spiro atoms. The fourth-order valence-electron chi connectivity index (χ4n) is 3.63. The second kappa shape index (κ2) is 7.87. The number of carbonyl (C=O) groups is 1. The van der Waals surface area contributed by atoms with Crippen molar-refractivity contribution in [3.05, 3.63) is 29.8 Å². The van der Waals surface area contributed by atoms with Gasteiger partial charge in [-0.15, -0.1) is 0 Å². The fourth-order valence-corrected chi connectivity index (χ4v) is 5.10. The van der Waals surface area contributed by atoms with Crippen LogP contribution in [0, 0.1) is 12.8 Å². The quantitative estimate of drug-likeness (QED) is 0.768. The Balaban J connectivity index is 1.55. The van der Waals surface area contributed by atoms with Crippen LogP contribution in [0.3, 0.4) is 0 Å². The van der Waals surface area contributed by atoms with Gasteiger partial charge in [0.05, 0.1) is 10.8 Å². The maximum Gasteiger partial charge on any atom is 0.309 e. The van der Waals surface area contributed by atoms with Crippen LogP contribution in [0.1, 0.15) is 50.5 Å². The Bertz CT molecular complexity index is 685. The topological polar surface area (TPSA) is 63.7 Å². The Morgan fingerprint density at radius 1 is 1.00 bits per heavy atom. The second-order valence-corrected chi connectivity index (χ2v) is 9.13. The fraction of sp³-hybridized carbons (Fsp3) is 0.632. The van der Waals surface area contributed by atoms with Gasteiger partial charge in [0.25, 0.3) is 0 Å². The highest BCUT2D eigenvalue weighted by Crippen LogP contribution is 2.27. The number of benzene rings is 1. The summed E-state index contributed by atoms with van der Waals surface area (Å²) in [5.74, 6) is -0.314. The largest absolute Gasteiger partial charge is 0.462 e. The molecule has 0 atom stereocenters. The standard InChI is InChI=1S/C19H27NO4S/c1-15-7-9-18(10-8-15)25(22,23)20-13-11-16(12-14-20)19(21)24-17-5-3-2-4-6-17/h7-10,16-17H,2-6,11-14H2,1H3. The number of hydrogen-bond acceptors (Lipinski definition) is 4. The van der Waals surface area contributed by atoms with Crippen molar-refractivity contribution in [3.63, 3.8) is 0 Å². The number of carbonyl (C=O) groups excluding carboxylic acids is 1. The van der Waals surface area contributed by atoms with Gasteiger partial charge >= 0.3 is 5.97 Å². The normalized spacial score (nSPS) is 21.2. The molecule has 5 nitrogen and oxygen atoms in total.